The van der Waals surface area contributed by atoms with Crippen LogP contribution in [-0.2, 0) is 10.3 Å². The topological polar surface area (TPSA) is 12.5 Å². The Morgan fingerprint density at radius 2 is 2.14 bits per heavy atom. The zero-order valence-corrected chi connectivity index (χ0v) is 8.76. The van der Waals surface area contributed by atoms with Crippen molar-refractivity contribution in [2.75, 3.05) is 0 Å². The highest BCUT2D eigenvalue weighted by atomic mass is 35.5. The number of hydrogen-bond donors (Lipinski definition) is 0. The van der Waals surface area contributed by atoms with E-state index in [0.717, 1.165) is 11.4 Å². The molecule has 1 unspecified atom stereocenters. The largest absolute Gasteiger partial charge is 0.361 e. The van der Waals surface area contributed by atoms with Crippen molar-refractivity contribution >= 4 is 11.6 Å². The molecule has 1 heterocycles. The van der Waals surface area contributed by atoms with Gasteiger partial charge >= 0.3 is 0 Å². The van der Waals surface area contributed by atoms with Crippen LogP contribution in [0.15, 0.2) is 24.3 Å². The molecule has 0 aromatic heterocycles. The molecule has 1 aliphatic carbocycles. The molecule has 1 saturated carbocycles. The van der Waals surface area contributed by atoms with Gasteiger partial charge in [0.15, 0.2) is 0 Å². The van der Waals surface area contributed by atoms with E-state index in [1.165, 1.54) is 24.8 Å². The van der Waals surface area contributed by atoms with E-state index in [9.17, 15) is 0 Å². The van der Waals surface area contributed by atoms with Crippen molar-refractivity contribution in [1.82, 2.24) is 0 Å². The van der Waals surface area contributed by atoms with Crippen LogP contribution in [0.3, 0.4) is 0 Å². The van der Waals surface area contributed by atoms with Gasteiger partial charge in [-0.2, -0.15) is 0 Å². The summed E-state index contributed by atoms with van der Waals surface area (Å²) in [5.74, 6) is 0. The minimum absolute atomic E-state index is 0.00338. The summed E-state index contributed by atoms with van der Waals surface area (Å²) in [5, 5.41) is 0.858. The van der Waals surface area contributed by atoms with Crippen molar-refractivity contribution in [2.45, 2.75) is 37.4 Å². The summed E-state index contributed by atoms with van der Waals surface area (Å²) in [5.41, 5.74) is 1.20. The van der Waals surface area contributed by atoms with E-state index in [1.54, 1.807) is 0 Å². The Morgan fingerprint density at radius 1 is 1.29 bits per heavy atom. The molecule has 2 atom stereocenters. The van der Waals surface area contributed by atoms with Crippen molar-refractivity contribution < 1.29 is 4.74 Å². The summed E-state index contributed by atoms with van der Waals surface area (Å²) < 4.78 is 5.85. The Labute approximate surface area is 89.0 Å². The van der Waals surface area contributed by atoms with Gasteiger partial charge in [0, 0.05) is 10.6 Å². The standard InChI is InChI=1S/C12H13ClO/c13-10-6-2-1-5-9(10)12-8-4-3-7-11(12)14-12/h1-2,5-6,11H,3-4,7-8H2/t11-,12?/m0/s1. The van der Waals surface area contributed by atoms with E-state index >= 15 is 0 Å². The predicted molar refractivity (Wildman–Crippen MR) is 56.5 cm³/mol. The lowest BCUT2D eigenvalue weighted by Gasteiger charge is -2.18. The second-order valence-electron chi connectivity index (χ2n) is 4.22. The fraction of sp³-hybridized carbons (Fsp3) is 0.500. The van der Waals surface area contributed by atoms with Crippen molar-refractivity contribution in [1.29, 1.82) is 0 Å². The lowest BCUT2D eigenvalue weighted by atomic mass is 9.84. The number of hydrogen-bond acceptors (Lipinski definition) is 1. The molecule has 0 bridgehead atoms. The number of halogens is 1. The van der Waals surface area contributed by atoms with Gasteiger partial charge in [-0.1, -0.05) is 42.6 Å². The van der Waals surface area contributed by atoms with E-state index in [1.807, 2.05) is 18.2 Å². The summed E-state index contributed by atoms with van der Waals surface area (Å²) in [6, 6.07) is 8.08. The second-order valence-corrected chi connectivity index (χ2v) is 4.63. The van der Waals surface area contributed by atoms with E-state index in [0.29, 0.717) is 6.10 Å². The molecular weight excluding hydrogens is 196 g/mol. The van der Waals surface area contributed by atoms with E-state index in [-0.39, 0.29) is 5.60 Å². The molecule has 0 amide bonds. The van der Waals surface area contributed by atoms with Crippen LogP contribution in [0.4, 0.5) is 0 Å². The van der Waals surface area contributed by atoms with Crippen molar-refractivity contribution in [3.63, 3.8) is 0 Å². The van der Waals surface area contributed by atoms with Crippen LogP contribution in [0.2, 0.25) is 5.02 Å². The Balaban J connectivity index is 2.00. The smallest absolute Gasteiger partial charge is 0.121 e. The molecule has 0 N–H and O–H groups in total. The third-order valence-electron chi connectivity index (χ3n) is 3.41. The van der Waals surface area contributed by atoms with Crippen molar-refractivity contribution in [3.05, 3.63) is 34.9 Å². The van der Waals surface area contributed by atoms with Crippen LogP contribution in [0.1, 0.15) is 31.2 Å². The molecule has 0 spiro atoms. The first kappa shape index (κ1) is 8.75. The fourth-order valence-corrected chi connectivity index (χ4v) is 2.92. The maximum Gasteiger partial charge on any atom is 0.121 e. The number of rotatable bonds is 1. The average molecular weight is 209 g/mol. The van der Waals surface area contributed by atoms with Crippen LogP contribution in [0.25, 0.3) is 0 Å². The van der Waals surface area contributed by atoms with Crippen LogP contribution < -0.4 is 0 Å². The van der Waals surface area contributed by atoms with Crippen molar-refractivity contribution in [2.24, 2.45) is 0 Å². The summed E-state index contributed by atoms with van der Waals surface area (Å²) in [4.78, 5) is 0. The van der Waals surface area contributed by atoms with Gasteiger partial charge in [-0.3, -0.25) is 0 Å². The van der Waals surface area contributed by atoms with E-state index < -0.39 is 0 Å². The maximum atomic E-state index is 6.19. The normalized spacial score (nSPS) is 35.1. The van der Waals surface area contributed by atoms with Gasteiger partial charge in [0.1, 0.15) is 5.60 Å². The molecule has 3 rings (SSSR count). The second kappa shape index (κ2) is 2.98. The van der Waals surface area contributed by atoms with Gasteiger partial charge in [0.25, 0.3) is 0 Å². The van der Waals surface area contributed by atoms with Crippen molar-refractivity contribution in [3.8, 4) is 0 Å². The third kappa shape index (κ3) is 1.12. The first-order valence-corrected chi connectivity index (χ1v) is 5.63. The molecule has 1 saturated heterocycles. The van der Waals surface area contributed by atoms with Gasteiger partial charge in [0.05, 0.1) is 6.10 Å². The maximum absolute atomic E-state index is 6.19. The number of fused-ring (bicyclic) bond motifs is 1. The molecule has 1 aromatic rings. The molecule has 2 fully saturated rings. The van der Waals surface area contributed by atoms with Crippen LogP contribution >= 0.6 is 11.6 Å². The zero-order valence-electron chi connectivity index (χ0n) is 8.00. The Morgan fingerprint density at radius 3 is 2.93 bits per heavy atom. The molecule has 1 aromatic carbocycles. The van der Waals surface area contributed by atoms with Gasteiger partial charge < -0.3 is 4.74 Å². The van der Waals surface area contributed by atoms with E-state index in [2.05, 4.69) is 6.07 Å². The Bertz CT molecular complexity index is 363. The summed E-state index contributed by atoms with van der Waals surface area (Å²) >= 11 is 6.19. The van der Waals surface area contributed by atoms with Crippen LogP contribution in [0, 0.1) is 0 Å². The minimum Gasteiger partial charge on any atom is -0.361 e. The molecule has 14 heavy (non-hydrogen) atoms. The molecule has 74 valence electrons. The minimum atomic E-state index is -0.00338. The molecule has 0 radical (unpaired) electrons. The SMILES string of the molecule is Clc1ccccc1C12CCCC[C@@H]1O2. The first-order valence-electron chi connectivity index (χ1n) is 5.26. The molecule has 2 aliphatic rings. The monoisotopic (exact) mass is 208 g/mol. The third-order valence-corrected chi connectivity index (χ3v) is 3.74. The van der Waals surface area contributed by atoms with Gasteiger partial charge in [0.2, 0.25) is 0 Å². The highest BCUT2D eigenvalue weighted by Crippen LogP contribution is 2.56. The lowest BCUT2D eigenvalue weighted by Crippen LogP contribution is -2.17. The van der Waals surface area contributed by atoms with Crippen LogP contribution in [-0.4, -0.2) is 6.10 Å². The first-order chi connectivity index (χ1) is 6.83. The number of ether oxygens (including phenoxy) is 1. The zero-order chi connectivity index (χ0) is 9.60. The van der Waals surface area contributed by atoms with Crippen LogP contribution in [0.5, 0.6) is 0 Å². The summed E-state index contributed by atoms with van der Waals surface area (Å²) in [6.07, 6.45) is 5.35. The van der Waals surface area contributed by atoms with Gasteiger partial charge in [-0.05, 0) is 18.9 Å². The quantitative estimate of drug-likeness (QED) is 0.644. The molecule has 2 heteroatoms. The van der Waals surface area contributed by atoms with Gasteiger partial charge in [-0.15, -0.1) is 0 Å². The number of benzene rings is 1. The highest BCUT2D eigenvalue weighted by Gasteiger charge is 2.58. The summed E-state index contributed by atoms with van der Waals surface area (Å²) in [7, 11) is 0. The molecule has 1 aliphatic heterocycles. The van der Waals surface area contributed by atoms with Gasteiger partial charge in [-0.25, -0.2) is 0 Å². The molecular formula is C12H13ClO. The predicted octanol–water partition coefficient (Wildman–Crippen LogP) is 3.51. The number of epoxide rings is 1. The molecule has 1 nitrogen and oxygen atoms in total. The fourth-order valence-electron chi connectivity index (χ4n) is 2.63. The Hall–Kier alpha value is -0.530. The summed E-state index contributed by atoms with van der Waals surface area (Å²) in [6.45, 7) is 0. The highest BCUT2D eigenvalue weighted by molar-refractivity contribution is 6.31. The average Bonchev–Trinajstić information content (AvgIpc) is 2.93. The lowest BCUT2D eigenvalue weighted by molar-refractivity contribution is 0.289. The van der Waals surface area contributed by atoms with E-state index in [4.69, 9.17) is 16.3 Å². The Kier molecular flexibility index (Phi) is 1.86.